The molecule has 0 atom stereocenters. The third kappa shape index (κ3) is 7.14. The van der Waals surface area contributed by atoms with E-state index in [4.69, 9.17) is 23.3 Å². The Labute approximate surface area is 248 Å². The van der Waals surface area contributed by atoms with Gasteiger partial charge in [0.15, 0.2) is 0 Å². The van der Waals surface area contributed by atoms with Gasteiger partial charge in [0.05, 0.1) is 40.2 Å². The van der Waals surface area contributed by atoms with Gasteiger partial charge in [0, 0.05) is 11.1 Å². The van der Waals surface area contributed by atoms with E-state index >= 15 is 0 Å². The minimum atomic E-state index is -3.92. The van der Waals surface area contributed by atoms with Gasteiger partial charge in [0.25, 0.3) is 0 Å². The van der Waals surface area contributed by atoms with Crippen LogP contribution in [0.15, 0.2) is 109 Å². The Bertz CT molecular complexity index is 1490. The van der Waals surface area contributed by atoms with Crippen LogP contribution in [0.2, 0.25) is 0 Å². The van der Waals surface area contributed by atoms with E-state index in [1.807, 2.05) is 103 Å². The van der Waals surface area contributed by atoms with Crippen LogP contribution in [-0.4, -0.2) is 34.5 Å². The first kappa shape index (κ1) is 30.7. The van der Waals surface area contributed by atoms with Gasteiger partial charge in [-0.2, -0.15) is 0 Å². The van der Waals surface area contributed by atoms with Crippen LogP contribution < -0.4 is 18.9 Å². The number of anilines is 1. The number of hydrogen-bond acceptors (Lipinski definition) is 6. The maximum atomic E-state index is 14.7. The van der Waals surface area contributed by atoms with Crippen LogP contribution in [0.5, 0.6) is 17.2 Å². The Kier molecular flexibility index (Phi) is 10.7. The van der Waals surface area contributed by atoms with Crippen molar-refractivity contribution < 1.29 is 27.8 Å². The molecule has 7 nitrogen and oxygen atoms in total. The van der Waals surface area contributed by atoms with Gasteiger partial charge >= 0.3 is 7.75 Å². The lowest BCUT2D eigenvalue weighted by molar-refractivity contribution is 0.220. The van der Waals surface area contributed by atoms with Crippen LogP contribution >= 0.6 is 7.75 Å². The third-order valence-corrected chi connectivity index (χ3v) is 8.50. The second kappa shape index (κ2) is 14.6. The molecule has 0 aliphatic heterocycles. The predicted molar refractivity (Wildman–Crippen MR) is 168 cm³/mol. The molecule has 0 saturated heterocycles. The molecule has 218 valence electrons. The zero-order valence-electron chi connectivity index (χ0n) is 24.6. The fourth-order valence-electron chi connectivity index (χ4n) is 4.38. The van der Waals surface area contributed by atoms with Crippen molar-refractivity contribution in [2.24, 2.45) is 0 Å². The lowest BCUT2D eigenvalue weighted by atomic mass is 9.97. The van der Waals surface area contributed by atoms with Crippen LogP contribution in [0.25, 0.3) is 11.3 Å². The van der Waals surface area contributed by atoms with E-state index in [1.165, 1.54) is 0 Å². The Morgan fingerprint density at radius 2 is 1.05 bits per heavy atom. The molecule has 0 radical (unpaired) electrons. The highest BCUT2D eigenvalue weighted by Crippen LogP contribution is 2.58. The Morgan fingerprint density at radius 1 is 0.619 bits per heavy atom. The van der Waals surface area contributed by atoms with Gasteiger partial charge in [-0.15, -0.1) is 0 Å². The molecule has 0 bridgehead atoms. The van der Waals surface area contributed by atoms with Crippen molar-refractivity contribution in [3.63, 3.8) is 0 Å². The lowest BCUT2D eigenvalue weighted by Gasteiger charge is -2.32. The number of ether oxygens (including phenoxy) is 3. The fourth-order valence-corrected chi connectivity index (χ4v) is 6.17. The molecule has 0 unspecified atom stereocenters. The van der Waals surface area contributed by atoms with E-state index in [9.17, 15) is 4.57 Å². The highest BCUT2D eigenvalue weighted by atomic mass is 31.2. The SMILES string of the molecule is CCOP(=O)(OCC)N(C(=C=C(c1ccc(OC)cc1)c1ccc(OC)cc1)c1ccccc1)c1ccc(OC)cc1. The van der Waals surface area contributed by atoms with Crippen LogP contribution in [0.4, 0.5) is 5.69 Å². The van der Waals surface area contributed by atoms with Crippen molar-refractivity contribution in [3.05, 3.63) is 126 Å². The Balaban J connectivity index is 2.13. The summed E-state index contributed by atoms with van der Waals surface area (Å²) in [5, 5.41) is 0. The van der Waals surface area contributed by atoms with E-state index in [0.29, 0.717) is 17.1 Å². The molecule has 0 aliphatic rings. The summed E-state index contributed by atoms with van der Waals surface area (Å²) in [6.45, 7) is 3.94. The van der Waals surface area contributed by atoms with Crippen molar-refractivity contribution in [2.75, 3.05) is 39.2 Å². The molecule has 0 saturated carbocycles. The van der Waals surface area contributed by atoms with Crippen molar-refractivity contribution in [3.8, 4) is 17.2 Å². The molecule has 4 aromatic carbocycles. The topological polar surface area (TPSA) is 66.5 Å². The Morgan fingerprint density at radius 3 is 1.45 bits per heavy atom. The molecule has 0 aromatic heterocycles. The quantitative estimate of drug-likeness (QED) is 0.115. The minimum Gasteiger partial charge on any atom is -0.497 e. The van der Waals surface area contributed by atoms with Gasteiger partial charge in [-0.05, 0) is 73.5 Å². The summed E-state index contributed by atoms with van der Waals surface area (Å²) in [5.74, 6) is 2.13. The fraction of sp³-hybridized carbons (Fsp3) is 0.206. The number of nitrogens with zero attached hydrogens (tertiary/aromatic N) is 1. The molecule has 0 fully saturated rings. The molecule has 0 spiro atoms. The standard InChI is InChI=1S/C34H36NO6P/c1-6-40-42(36,41-7-2)35(29-17-23-32(39-5)24-18-29)34(28-11-9-8-10-12-28)25-33(26-13-19-30(37-3)20-14-26)27-15-21-31(38-4)22-16-27/h8-24H,6-7H2,1-5H3. The molecule has 4 aromatic rings. The van der Waals surface area contributed by atoms with Crippen LogP contribution in [0.3, 0.4) is 0 Å². The summed E-state index contributed by atoms with van der Waals surface area (Å²) in [5.41, 5.74) is 8.04. The first-order chi connectivity index (χ1) is 20.5. The second-order valence-corrected chi connectivity index (χ2v) is 10.8. The van der Waals surface area contributed by atoms with Crippen molar-refractivity contribution >= 4 is 24.7 Å². The average Bonchev–Trinajstić information content (AvgIpc) is 3.04. The summed E-state index contributed by atoms with van der Waals surface area (Å²) in [4.78, 5) is 0. The molecular weight excluding hydrogens is 549 g/mol. The third-order valence-electron chi connectivity index (χ3n) is 6.41. The molecule has 4 rings (SSSR count). The molecule has 42 heavy (non-hydrogen) atoms. The van der Waals surface area contributed by atoms with Gasteiger partial charge in [-0.1, -0.05) is 60.3 Å². The lowest BCUT2D eigenvalue weighted by Crippen LogP contribution is -2.21. The van der Waals surface area contributed by atoms with Crippen LogP contribution in [-0.2, 0) is 13.6 Å². The van der Waals surface area contributed by atoms with Gasteiger partial charge in [0.2, 0.25) is 0 Å². The molecule has 0 amide bonds. The summed E-state index contributed by atoms with van der Waals surface area (Å²) in [6.07, 6.45) is 0. The zero-order chi connectivity index (χ0) is 30.0. The summed E-state index contributed by atoms with van der Waals surface area (Å²) < 4.78 is 44.3. The largest absolute Gasteiger partial charge is 0.497 e. The predicted octanol–water partition coefficient (Wildman–Crippen LogP) is 8.47. The van der Waals surface area contributed by atoms with Gasteiger partial charge < -0.3 is 14.2 Å². The number of hydrogen-bond donors (Lipinski definition) is 0. The van der Waals surface area contributed by atoms with Crippen molar-refractivity contribution in [1.82, 2.24) is 0 Å². The summed E-state index contributed by atoms with van der Waals surface area (Å²) in [6, 6.07) is 32.4. The maximum absolute atomic E-state index is 14.7. The second-order valence-electron chi connectivity index (χ2n) is 8.99. The smallest absolute Gasteiger partial charge is 0.440 e. The van der Waals surface area contributed by atoms with Crippen LogP contribution in [0.1, 0.15) is 30.5 Å². The molecule has 0 N–H and O–H groups in total. The number of rotatable bonds is 13. The highest BCUT2D eigenvalue weighted by Gasteiger charge is 2.37. The first-order valence-corrected chi connectivity index (χ1v) is 15.1. The zero-order valence-corrected chi connectivity index (χ0v) is 25.5. The molecule has 0 aliphatic carbocycles. The van der Waals surface area contributed by atoms with E-state index in [-0.39, 0.29) is 13.2 Å². The van der Waals surface area contributed by atoms with Gasteiger partial charge in [-0.25, -0.2) is 9.24 Å². The molecule has 0 heterocycles. The normalized spacial score (nSPS) is 10.9. The van der Waals surface area contributed by atoms with E-state index in [2.05, 4.69) is 5.73 Å². The number of methoxy groups -OCH3 is 3. The number of benzene rings is 4. The van der Waals surface area contributed by atoms with E-state index in [0.717, 1.165) is 33.8 Å². The van der Waals surface area contributed by atoms with Gasteiger partial charge in [0.1, 0.15) is 22.9 Å². The monoisotopic (exact) mass is 585 g/mol. The summed E-state index contributed by atoms with van der Waals surface area (Å²) in [7, 11) is 0.948. The van der Waals surface area contributed by atoms with Crippen molar-refractivity contribution in [1.29, 1.82) is 0 Å². The van der Waals surface area contributed by atoms with E-state index in [1.54, 1.807) is 39.8 Å². The molecular formula is C34H36NO6P. The maximum Gasteiger partial charge on any atom is 0.440 e. The first-order valence-electron chi connectivity index (χ1n) is 13.6. The van der Waals surface area contributed by atoms with Crippen molar-refractivity contribution in [2.45, 2.75) is 13.8 Å². The molecule has 8 heteroatoms. The highest BCUT2D eigenvalue weighted by molar-refractivity contribution is 7.56. The van der Waals surface area contributed by atoms with Gasteiger partial charge in [-0.3, -0.25) is 9.05 Å². The summed E-state index contributed by atoms with van der Waals surface area (Å²) >= 11 is 0. The van der Waals surface area contributed by atoms with E-state index < -0.39 is 7.75 Å². The van der Waals surface area contributed by atoms with Crippen LogP contribution in [0, 0.1) is 0 Å². The average molecular weight is 586 g/mol. The Hall–Kier alpha value is -4.25. The minimum absolute atomic E-state index is 0.180.